The van der Waals surface area contributed by atoms with Gasteiger partial charge in [-0.2, -0.15) is 0 Å². The van der Waals surface area contributed by atoms with E-state index in [-0.39, 0.29) is 23.9 Å². The molecule has 35 heavy (non-hydrogen) atoms. The van der Waals surface area contributed by atoms with Gasteiger partial charge in [0.15, 0.2) is 0 Å². The molecule has 196 valence electrons. The van der Waals surface area contributed by atoms with Crippen LogP contribution in [0.5, 0.6) is 0 Å². The fourth-order valence-electron chi connectivity index (χ4n) is 4.30. The highest BCUT2D eigenvalue weighted by Crippen LogP contribution is 2.32. The van der Waals surface area contributed by atoms with Gasteiger partial charge in [0.05, 0.1) is 34.7 Å². The molecule has 0 aliphatic carbocycles. The van der Waals surface area contributed by atoms with Crippen molar-refractivity contribution in [3.63, 3.8) is 0 Å². The number of esters is 1. The summed E-state index contributed by atoms with van der Waals surface area (Å²) in [7, 11) is 0. The van der Waals surface area contributed by atoms with Crippen LogP contribution in [0.1, 0.15) is 77.4 Å². The molecule has 0 saturated heterocycles. The van der Waals surface area contributed by atoms with E-state index in [1.54, 1.807) is 39.8 Å². The monoisotopic (exact) mass is 511 g/mol. The number of ether oxygens (including phenoxy) is 1. The summed E-state index contributed by atoms with van der Waals surface area (Å²) in [4.78, 5) is 34.4. The summed E-state index contributed by atoms with van der Waals surface area (Å²) < 4.78 is 18.9. The smallest absolute Gasteiger partial charge is 0.309 e. The van der Waals surface area contributed by atoms with Gasteiger partial charge in [0.1, 0.15) is 17.6 Å². The van der Waals surface area contributed by atoms with Crippen LogP contribution < -0.4 is 0 Å². The molecule has 9 heteroatoms. The number of hydrogen-bond acceptors (Lipinski definition) is 8. The second-order valence-corrected chi connectivity index (χ2v) is 11.2. The molecule has 1 aromatic heterocycles. The van der Waals surface area contributed by atoms with Gasteiger partial charge in [0, 0.05) is 28.7 Å². The maximum atomic E-state index is 13.2. The zero-order valence-corrected chi connectivity index (χ0v) is 22.2. The number of hydrogen-bond donors (Lipinski definition) is 2. The third-order valence-corrected chi connectivity index (χ3v) is 7.66. The molecule has 0 fully saturated rings. The quantitative estimate of drug-likeness (QED) is 0.544. The summed E-state index contributed by atoms with van der Waals surface area (Å²) in [6.07, 6.45) is 1.57. The highest BCUT2D eigenvalue weighted by atomic mass is 32.1. The van der Waals surface area contributed by atoms with Crippen LogP contribution in [0.15, 0.2) is 22.8 Å². The Balaban J connectivity index is 2.37. The Morgan fingerprint density at radius 1 is 1.31 bits per heavy atom. The number of rotatable bonds is 3. The Hall–Kier alpha value is -2.10. The SMILES string of the molecule is C/C(=C\c1csc(C)n1)[C@@H]1C/C=C(/OF)CCC[C@H](C)[C@H](O)[C@@H](C)C(=O)C(C)(C)C(O)CC(=O)O1. The maximum absolute atomic E-state index is 13.2. The minimum absolute atomic E-state index is 0.113. The van der Waals surface area contributed by atoms with Gasteiger partial charge in [0.2, 0.25) is 0 Å². The number of cyclic esters (lactones) is 1. The molecule has 1 aromatic rings. The molecule has 0 saturated carbocycles. The molecule has 0 amide bonds. The Morgan fingerprint density at radius 3 is 2.60 bits per heavy atom. The Morgan fingerprint density at radius 2 is 2.00 bits per heavy atom. The first-order valence-electron chi connectivity index (χ1n) is 12.0. The van der Waals surface area contributed by atoms with Crippen molar-refractivity contribution in [2.24, 2.45) is 17.3 Å². The lowest BCUT2D eigenvalue weighted by Crippen LogP contribution is -2.45. The fourth-order valence-corrected chi connectivity index (χ4v) is 4.87. The molecule has 0 spiro atoms. The van der Waals surface area contributed by atoms with E-state index in [1.807, 2.05) is 19.2 Å². The number of halogens is 1. The van der Waals surface area contributed by atoms with Crippen molar-refractivity contribution >= 4 is 29.2 Å². The Kier molecular flexibility index (Phi) is 10.6. The predicted molar refractivity (Wildman–Crippen MR) is 133 cm³/mol. The first-order valence-corrected chi connectivity index (χ1v) is 12.9. The average Bonchev–Trinajstić information content (AvgIpc) is 3.21. The van der Waals surface area contributed by atoms with Crippen molar-refractivity contribution in [2.45, 2.75) is 92.0 Å². The van der Waals surface area contributed by atoms with E-state index < -0.39 is 42.0 Å². The number of carbonyl (C=O) groups is 2. The van der Waals surface area contributed by atoms with Crippen molar-refractivity contribution in [1.82, 2.24) is 4.98 Å². The molecule has 0 aromatic carbocycles. The van der Waals surface area contributed by atoms with Crippen molar-refractivity contribution in [2.75, 3.05) is 0 Å². The number of Topliss-reactive ketones (excluding diaryl/α,β-unsaturated/α-hetero) is 1. The Bertz CT molecular complexity index is 940. The summed E-state index contributed by atoms with van der Waals surface area (Å²) in [5.41, 5.74) is 0.172. The third kappa shape index (κ3) is 7.95. The Labute approximate surface area is 211 Å². The lowest BCUT2D eigenvalue weighted by Gasteiger charge is -2.34. The summed E-state index contributed by atoms with van der Waals surface area (Å²) >= 11 is 1.50. The molecule has 7 nitrogen and oxygen atoms in total. The highest BCUT2D eigenvalue weighted by molar-refractivity contribution is 7.09. The molecule has 2 N–H and O–H groups in total. The van der Waals surface area contributed by atoms with Gasteiger partial charge in [-0.15, -0.1) is 11.3 Å². The standard InChI is InChI=1S/C26H38FNO6S/c1-15-8-7-9-20(34-27)10-11-21(16(2)12-19-14-35-18(4)28-19)33-23(30)13-22(29)26(5,6)25(32)17(3)24(15)31/h10,12,14-15,17,21-22,24,29,31H,7-9,11,13H2,1-6H3/b16-12+,20-10+/t15-,17+,21-,22?,24-/m0/s1. The van der Waals surface area contributed by atoms with Crippen LogP contribution in [0.2, 0.25) is 0 Å². The summed E-state index contributed by atoms with van der Waals surface area (Å²) in [5.74, 6) is -1.87. The number of aromatic nitrogens is 1. The van der Waals surface area contributed by atoms with Crippen LogP contribution in [-0.2, 0) is 19.3 Å². The molecule has 1 aliphatic heterocycles. The minimum atomic E-state index is -1.30. The lowest BCUT2D eigenvalue weighted by molar-refractivity contribution is -0.154. The molecule has 0 radical (unpaired) electrons. The van der Waals surface area contributed by atoms with Crippen LogP contribution >= 0.6 is 11.3 Å². The number of aliphatic hydroxyl groups is 2. The van der Waals surface area contributed by atoms with Crippen LogP contribution in [0.3, 0.4) is 0 Å². The van der Waals surface area contributed by atoms with Crippen LogP contribution in [0.4, 0.5) is 4.53 Å². The van der Waals surface area contributed by atoms with E-state index in [0.29, 0.717) is 24.8 Å². The minimum Gasteiger partial charge on any atom is -0.457 e. The largest absolute Gasteiger partial charge is 0.457 e. The first kappa shape index (κ1) is 29.1. The van der Waals surface area contributed by atoms with Crippen molar-refractivity contribution in [1.29, 1.82) is 0 Å². The highest BCUT2D eigenvalue weighted by Gasteiger charge is 2.42. The average molecular weight is 512 g/mol. The number of nitrogens with zero attached hydrogens (tertiary/aromatic N) is 1. The molecule has 1 unspecified atom stereocenters. The van der Waals surface area contributed by atoms with Gasteiger partial charge in [-0.1, -0.05) is 27.7 Å². The van der Waals surface area contributed by atoms with Crippen LogP contribution in [0, 0.1) is 24.2 Å². The molecule has 2 heterocycles. The van der Waals surface area contributed by atoms with E-state index >= 15 is 0 Å². The molecule has 0 bridgehead atoms. The lowest BCUT2D eigenvalue weighted by atomic mass is 9.73. The van der Waals surface area contributed by atoms with Gasteiger partial charge in [-0.05, 0) is 50.3 Å². The van der Waals surface area contributed by atoms with Gasteiger partial charge < -0.3 is 14.9 Å². The van der Waals surface area contributed by atoms with Gasteiger partial charge >= 0.3 is 5.97 Å². The zero-order chi connectivity index (χ0) is 26.3. The number of ketones is 1. The second kappa shape index (κ2) is 12.7. The molecule has 2 rings (SSSR count). The zero-order valence-electron chi connectivity index (χ0n) is 21.4. The second-order valence-electron chi connectivity index (χ2n) is 10.1. The maximum Gasteiger partial charge on any atom is 0.309 e. The van der Waals surface area contributed by atoms with E-state index in [1.165, 1.54) is 11.3 Å². The van der Waals surface area contributed by atoms with Gasteiger partial charge in [-0.3, -0.25) is 14.5 Å². The predicted octanol–water partition coefficient (Wildman–Crippen LogP) is 5.11. The van der Waals surface area contributed by atoms with Crippen molar-refractivity contribution in [3.05, 3.63) is 33.5 Å². The number of aryl methyl sites for hydroxylation is 1. The molecular weight excluding hydrogens is 473 g/mol. The molecular formula is C26H38FNO6S. The van der Waals surface area contributed by atoms with Crippen molar-refractivity contribution in [3.8, 4) is 0 Å². The number of thiazole rings is 1. The summed E-state index contributed by atoms with van der Waals surface area (Å²) in [6, 6.07) is 0. The van der Waals surface area contributed by atoms with Crippen LogP contribution in [0.25, 0.3) is 6.08 Å². The number of carbonyl (C=O) groups excluding carboxylic acids is 2. The van der Waals surface area contributed by atoms with Crippen LogP contribution in [-0.4, -0.2) is 45.3 Å². The van der Waals surface area contributed by atoms with Gasteiger partial charge in [-0.25, -0.2) is 4.98 Å². The molecule has 1 aliphatic rings. The molecule has 5 atom stereocenters. The first-order chi connectivity index (χ1) is 16.4. The fraction of sp³-hybridized carbons (Fsp3) is 0.654. The van der Waals surface area contributed by atoms with E-state index in [0.717, 1.165) is 10.7 Å². The topological polar surface area (TPSA) is 106 Å². The van der Waals surface area contributed by atoms with E-state index in [4.69, 9.17) is 4.74 Å². The number of aliphatic hydroxyl groups excluding tert-OH is 2. The number of allylic oxidation sites excluding steroid dienone is 1. The summed E-state index contributed by atoms with van der Waals surface area (Å²) in [5, 5.41) is 24.3. The van der Waals surface area contributed by atoms with E-state index in [2.05, 4.69) is 9.93 Å². The van der Waals surface area contributed by atoms with E-state index in [9.17, 15) is 24.3 Å². The van der Waals surface area contributed by atoms with Crippen molar-refractivity contribution < 1.29 is 34.0 Å². The normalized spacial score (nSPS) is 31.4. The summed E-state index contributed by atoms with van der Waals surface area (Å²) in [6.45, 7) is 10.3. The van der Waals surface area contributed by atoms with Gasteiger partial charge in [0.25, 0.3) is 0 Å². The third-order valence-electron chi connectivity index (χ3n) is 6.87.